The number of nitrogens with zero attached hydrogens (tertiary/aromatic N) is 2. The van der Waals surface area contributed by atoms with Crippen LogP contribution in [0.2, 0.25) is 0 Å². The van der Waals surface area contributed by atoms with Crippen LogP contribution in [0.4, 0.5) is 10.1 Å². The van der Waals surface area contributed by atoms with Crippen molar-refractivity contribution in [1.29, 1.82) is 0 Å². The van der Waals surface area contributed by atoms with Gasteiger partial charge in [-0.3, -0.25) is 13.9 Å². The highest BCUT2D eigenvalue weighted by Crippen LogP contribution is 2.23. The molecular formula is C29H33BrFN3O4S. The summed E-state index contributed by atoms with van der Waals surface area (Å²) in [5, 5.41) is 2.97. The lowest BCUT2D eigenvalue weighted by Crippen LogP contribution is -2.54. The standard InChI is InChI=1S/C29H33BrFN3O4S/c1-4-21(2)32-29(36)27(18-22-11-6-5-7-12-22)33(19-23-13-10-14-24(30)17-23)28(35)20-34(39(3,37)38)26-16-9-8-15-25(26)31/h5-17,21,27H,4,18-20H2,1-3H3,(H,32,36)/t21-,27+/m1/s1. The van der Waals surface area contributed by atoms with E-state index in [1.54, 1.807) is 0 Å². The van der Waals surface area contributed by atoms with Gasteiger partial charge in [-0.25, -0.2) is 12.8 Å². The Morgan fingerprint density at radius 3 is 2.23 bits per heavy atom. The minimum atomic E-state index is -4.04. The molecule has 3 rings (SSSR count). The lowest BCUT2D eigenvalue weighted by Gasteiger charge is -2.34. The molecule has 0 unspecified atom stereocenters. The quantitative estimate of drug-likeness (QED) is 0.313. The van der Waals surface area contributed by atoms with Gasteiger partial charge in [0.2, 0.25) is 21.8 Å². The van der Waals surface area contributed by atoms with Crippen LogP contribution in [0, 0.1) is 5.82 Å². The number of carbonyl (C=O) groups is 2. The summed E-state index contributed by atoms with van der Waals surface area (Å²) in [6, 6.07) is 20.9. The molecule has 0 radical (unpaired) electrons. The van der Waals surface area contributed by atoms with Crippen molar-refractivity contribution in [3.63, 3.8) is 0 Å². The third kappa shape index (κ3) is 8.63. The highest BCUT2D eigenvalue weighted by molar-refractivity contribution is 9.10. The molecule has 10 heteroatoms. The number of rotatable bonds is 12. The molecule has 3 aromatic rings. The summed E-state index contributed by atoms with van der Waals surface area (Å²) in [6.45, 7) is 3.19. The molecule has 0 saturated carbocycles. The first-order valence-electron chi connectivity index (χ1n) is 12.6. The molecule has 7 nitrogen and oxygen atoms in total. The maximum Gasteiger partial charge on any atom is 0.244 e. The second-order valence-electron chi connectivity index (χ2n) is 9.40. The summed E-state index contributed by atoms with van der Waals surface area (Å²) in [4.78, 5) is 29.0. The summed E-state index contributed by atoms with van der Waals surface area (Å²) < 4.78 is 41.7. The smallest absolute Gasteiger partial charge is 0.244 e. The average Bonchev–Trinajstić information content (AvgIpc) is 2.89. The summed E-state index contributed by atoms with van der Waals surface area (Å²) in [6.07, 6.45) is 1.82. The van der Waals surface area contributed by atoms with Crippen LogP contribution in [0.5, 0.6) is 0 Å². The Morgan fingerprint density at radius 1 is 0.974 bits per heavy atom. The van der Waals surface area contributed by atoms with Crippen LogP contribution in [0.1, 0.15) is 31.4 Å². The first-order chi connectivity index (χ1) is 18.5. The fourth-order valence-corrected chi connectivity index (χ4v) is 5.37. The van der Waals surface area contributed by atoms with Crippen molar-refractivity contribution >= 4 is 43.5 Å². The molecule has 0 aliphatic heterocycles. The van der Waals surface area contributed by atoms with Crippen molar-refractivity contribution in [2.75, 3.05) is 17.1 Å². The molecule has 0 aromatic heterocycles. The number of hydrogen-bond donors (Lipinski definition) is 1. The molecule has 0 bridgehead atoms. The Hall–Kier alpha value is -3.24. The molecular weight excluding hydrogens is 585 g/mol. The van der Waals surface area contributed by atoms with Crippen LogP contribution >= 0.6 is 15.9 Å². The largest absolute Gasteiger partial charge is 0.352 e. The third-order valence-electron chi connectivity index (χ3n) is 6.31. The van der Waals surface area contributed by atoms with Crippen LogP contribution in [-0.4, -0.2) is 50.0 Å². The molecule has 1 N–H and O–H groups in total. The Bertz CT molecular complexity index is 1390. The minimum absolute atomic E-state index is 0.0403. The second-order valence-corrected chi connectivity index (χ2v) is 12.2. The molecule has 0 aliphatic rings. The van der Waals surface area contributed by atoms with E-state index in [1.165, 1.54) is 23.1 Å². The van der Waals surface area contributed by atoms with Crippen molar-refractivity contribution in [1.82, 2.24) is 10.2 Å². The van der Waals surface area contributed by atoms with Gasteiger partial charge in [-0.2, -0.15) is 0 Å². The van der Waals surface area contributed by atoms with Crippen LogP contribution in [-0.2, 0) is 32.6 Å². The predicted molar refractivity (Wildman–Crippen MR) is 155 cm³/mol. The molecule has 0 fully saturated rings. The van der Waals surface area contributed by atoms with E-state index >= 15 is 0 Å². The van der Waals surface area contributed by atoms with E-state index in [4.69, 9.17) is 0 Å². The number of anilines is 1. The predicted octanol–water partition coefficient (Wildman–Crippen LogP) is 4.91. The zero-order valence-electron chi connectivity index (χ0n) is 22.2. The molecule has 39 heavy (non-hydrogen) atoms. The zero-order chi connectivity index (χ0) is 28.6. The highest BCUT2D eigenvalue weighted by atomic mass is 79.9. The van der Waals surface area contributed by atoms with Gasteiger partial charge in [-0.05, 0) is 48.7 Å². The van der Waals surface area contributed by atoms with E-state index in [-0.39, 0.29) is 30.6 Å². The van der Waals surface area contributed by atoms with Crippen LogP contribution in [0.3, 0.4) is 0 Å². The molecule has 2 amide bonds. The normalized spacial score (nSPS) is 12.8. The Labute approximate surface area is 238 Å². The van der Waals surface area contributed by atoms with E-state index in [0.29, 0.717) is 6.42 Å². The number of hydrogen-bond acceptors (Lipinski definition) is 4. The number of amides is 2. The van der Waals surface area contributed by atoms with Crippen molar-refractivity contribution in [2.45, 2.75) is 45.3 Å². The number of sulfonamides is 1. The fourth-order valence-electron chi connectivity index (χ4n) is 4.08. The van der Waals surface area contributed by atoms with Gasteiger partial charge in [0, 0.05) is 23.5 Å². The van der Waals surface area contributed by atoms with Gasteiger partial charge in [-0.15, -0.1) is 0 Å². The lowest BCUT2D eigenvalue weighted by atomic mass is 10.0. The molecule has 0 aliphatic carbocycles. The Morgan fingerprint density at radius 2 is 1.62 bits per heavy atom. The number of benzene rings is 3. The first kappa shape index (κ1) is 30.3. The van der Waals surface area contributed by atoms with Gasteiger partial charge in [-0.1, -0.05) is 77.5 Å². The molecule has 3 aromatic carbocycles. The van der Waals surface area contributed by atoms with Crippen molar-refractivity contribution in [3.8, 4) is 0 Å². The van der Waals surface area contributed by atoms with Gasteiger partial charge in [0.25, 0.3) is 0 Å². The van der Waals surface area contributed by atoms with Gasteiger partial charge in [0.15, 0.2) is 0 Å². The summed E-state index contributed by atoms with van der Waals surface area (Å²) in [5.41, 5.74) is 1.34. The molecule has 208 valence electrons. The zero-order valence-corrected chi connectivity index (χ0v) is 24.6. The Kier molecular flexibility index (Phi) is 10.7. The molecule has 0 saturated heterocycles. The van der Waals surface area contributed by atoms with E-state index in [0.717, 1.165) is 32.2 Å². The monoisotopic (exact) mass is 617 g/mol. The Balaban J connectivity index is 2.07. The summed E-state index contributed by atoms with van der Waals surface area (Å²) in [7, 11) is -4.04. The number of para-hydroxylation sites is 1. The van der Waals surface area contributed by atoms with Gasteiger partial charge >= 0.3 is 0 Å². The van der Waals surface area contributed by atoms with Gasteiger partial charge in [0.1, 0.15) is 18.4 Å². The van der Waals surface area contributed by atoms with Gasteiger partial charge in [0.05, 0.1) is 11.9 Å². The molecule has 0 spiro atoms. The van der Waals surface area contributed by atoms with E-state index in [1.807, 2.05) is 68.4 Å². The third-order valence-corrected chi connectivity index (χ3v) is 7.93. The maximum absolute atomic E-state index is 14.7. The van der Waals surface area contributed by atoms with E-state index in [2.05, 4.69) is 21.2 Å². The lowest BCUT2D eigenvalue weighted by molar-refractivity contribution is -0.140. The van der Waals surface area contributed by atoms with Crippen LogP contribution in [0.15, 0.2) is 83.3 Å². The van der Waals surface area contributed by atoms with Crippen LogP contribution < -0.4 is 9.62 Å². The molecule has 2 atom stereocenters. The molecule has 0 heterocycles. The maximum atomic E-state index is 14.7. The van der Waals surface area contributed by atoms with Crippen LogP contribution in [0.25, 0.3) is 0 Å². The summed E-state index contributed by atoms with van der Waals surface area (Å²) in [5.74, 6) is -1.76. The topological polar surface area (TPSA) is 86.8 Å². The summed E-state index contributed by atoms with van der Waals surface area (Å²) >= 11 is 3.44. The number of carbonyl (C=O) groups excluding carboxylic acids is 2. The fraction of sp³-hybridized carbons (Fsp3) is 0.310. The highest BCUT2D eigenvalue weighted by Gasteiger charge is 2.34. The number of nitrogens with one attached hydrogen (secondary N) is 1. The second kappa shape index (κ2) is 13.7. The SMILES string of the molecule is CC[C@@H](C)NC(=O)[C@H](Cc1ccccc1)N(Cc1cccc(Br)c1)C(=O)CN(c1ccccc1F)S(C)(=O)=O. The van der Waals surface area contributed by atoms with E-state index in [9.17, 15) is 22.4 Å². The van der Waals surface area contributed by atoms with Gasteiger partial charge < -0.3 is 10.2 Å². The minimum Gasteiger partial charge on any atom is -0.352 e. The van der Waals surface area contributed by atoms with Crippen molar-refractivity contribution in [2.24, 2.45) is 0 Å². The average molecular weight is 619 g/mol. The van der Waals surface area contributed by atoms with Crippen molar-refractivity contribution in [3.05, 3.63) is 100 Å². The van der Waals surface area contributed by atoms with E-state index < -0.39 is 34.3 Å². The van der Waals surface area contributed by atoms with Crippen molar-refractivity contribution < 1.29 is 22.4 Å². The first-order valence-corrected chi connectivity index (χ1v) is 15.2. The number of halogens is 2.